The van der Waals surface area contributed by atoms with Crippen molar-refractivity contribution in [2.45, 2.75) is 13.8 Å². The number of hydrogen-bond donors (Lipinski definition) is 0. The van der Waals surface area contributed by atoms with Crippen LogP contribution in [0.2, 0.25) is 0 Å². The molecule has 0 amide bonds. The maximum Gasteiger partial charge on any atom is 0.0435 e. The van der Waals surface area contributed by atoms with E-state index in [4.69, 9.17) is 11.6 Å². The molecule has 0 heterocycles. The Morgan fingerprint density at radius 1 is 1.27 bits per heavy atom. The lowest BCUT2D eigenvalue weighted by Gasteiger charge is -1.97. The molecule has 1 aromatic rings. The molecule has 0 nitrogen and oxygen atoms in total. The summed E-state index contributed by atoms with van der Waals surface area (Å²) in [7, 11) is 0. The summed E-state index contributed by atoms with van der Waals surface area (Å²) < 4.78 is 0. The van der Waals surface area contributed by atoms with Gasteiger partial charge in [0.25, 0.3) is 0 Å². The standard InChI is InChI=1S/C10H11Cl/c1-3-10(11)9-6-4-8(2)5-7-9/h3-7H,1-2H3/b10-3-. The second-order valence-electron chi connectivity index (χ2n) is 2.50. The molecule has 0 saturated heterocycles. The van der Waals surface area contributed by atoms with Crippen LogP contribution in [-0.2, 0) is 0 Å². The van der Waals surface area contributed by atoms with Gasteiger partial charge in [0.15, 0.2) is 0 Å². The second kappa shape index (κ2) is 3.59. The summed E-state index contributed by atoms with van der Waals surface area (Å²) in [5, 5.41) is 0.810. The van der Waals surface area contributed by atoms with Gasteiger partial charge in [-0.2, -0.15) is 0 Å². The third-order valence-corrected chi connectivity index (χ3v) is 2.02. The number of rotatable bonds is 1. The van der Waals surface area contributed by atoms with Crippen LogP contribution in [0.4, 0.5) is 0 Å². The van der Waals surface area contributed by atoms with E-state index in [1.807, 2.05) is 25.1 Å². The van der Waals surface area contributed by atoms with Gasteiger partial charge in [-0.05, 0) is 19.4 Å². The van der Waals surface area contributed by atoms with Crippen LogP contribution >= 0.6 is 11.6 Å². The number of aryl methyl sites for hydroxylation is 1. The zero-order valence-corrected chi connectivity index (χ0v) is 7.52. The first-order chi connectivity index (χ1) is 5.24. The third kappa shape index (κ3) is 2.09. The Hall–Kier alpha value is -0.750. The molecule has 0 aliphatic carbocycles. The van der Waals surface area contributed by atoms with E-state index in [1.165, 1.54) is 5.56 Å². The maximum atomic E-state index is 5.90. The monoisotopic (exact) mass is 166 g/mol. The first-order valence-corrected chi connectivity index (χ1v) is 4.00. The predicted molar refractivity (Wildman–Crippen MR) is 50.7 cm³/mol. The second-order valence-corrected chi connectivity index (χ2v) is 2.91. The molecule has 0 atom stereocenters. The first-order valence-electron chi connectivity index (χ1n) is 3.63. The summed E-state index contributed by atoms with van der Waals surface area (Å²) >= 11 is 5.90. The van der Waals surface area contributed by atoms with Gasteiger partial charge in [0, 0.05) is 5.03 Å². The number of benzene rings is 1. The molecule has 58 valence electrons. The van der Waals surface area contributed by atoms with Crippen molar-refractivity contribution in [2.75, 3.05) is 0 Å². The van der Waals surface area contributed by atoms with E-state index >= 15 is 0 Å². The van der Waals surface area contributed by atoms with Gasteiger partial charge in [-0.15, -0.1) is 0 Å². The van der Waals surface area contributed by atoms with Crippen LogP contribution in [-0.4, -0.2) is 0 Å². The summed E-state index contributed by atoms with van der Waals surface area (Å²) in [6.07, 6.45) is 1.90. The Labute approximate surface area is 72.5 Å². The highest BCUT2D eigenvalue weighted by molar-refractivity contribution is 6.48. The van der Waals surface area contributed by atoms with Crippen molar-refractivity contribution in [3.63, 3.8) is 0 Å². The molecule has 0 N–H and O–H groups in total. The lowest BCUT2D eigenvalue weighted by Crippen LogP contribution is -1.76. The molecule has 11 heavy (non-hydrogen) atoms. The van der Waals surface area contributed by atoms with E-state index in [9.17, 15) is 0 Å². The highest BCUT2D eigenvalue weighted by Crippen LogP contribution is 2.18. The predicted octanol–water partition coefficient (Wildman–Crippen LogP) is 3.59. The molecular weight excluding hydrogens is 156 g/mol. The summed E-state index contributed by atoms with van der Waals surface area (Å²) in [6.45, 7) is 4.00. The van der Waals surface area contributed by atoms with E-state index in [0.717, 1.165) is 10.6 Å². The molecule has 0 aliphatic heterocycles. The molecule has 0 radical (unpaired) electrons. The fourth-order valence-corrected chi connectivity index (χ4v) is 1.01. The third-order valence-electron chi connectivity index (χ3n) is 1.58. The SMILES string of the molecule is C/C=C(\Cl)c1ccc(C)cc1. The largest absolute Gasteiger partial charge is 0.0840 e. The van der Waals surface area contributed by atoms with Gasteiger partial charge in [-0.25, -0.2) is 0 Å². The van der Waals surface area contributed by atoms with Gasteiger partial charge >= 0.3 is 0 Å². The van der Waals surface area contributed by atoms with Crippen molar-refractivity contribution in [3.05, 3.63) is 41.5 Å². The fourth-order valence-electron chi connectivity index (χ4n) is 0.879. The minimum absolute atomic E-state index is 0.810. The molecule has 1 rings (SSSR count). The Bertz CT molecular complexity index is 257. The summed E-state index contributed by atoms with van der Waals surface area (Å²) in [5.74, 6) is 0. The van der Waals surface area contributed by atoms with E-state index < -0.39 is 0 Å². The maximum absolute atomic E-state index is 5.90. The van der Waals surface area contributed by atoms with Crippen LogP contribution < -0.4 is 0 Å². The molecule has 1 heteroatoms. The van der Waals surface area contributed by atoms with Crippen molar-refractivity contribution in [1.82, 2.24) is 0 Å². The zero-order chi connectivity index (χ0) is 8.27. The smallest absolute Gasteiger partial charge is 0.0435 e. The van der Waals surface area contributed by atoms with Crippen LogP contribution in [0.15, 0.2) is 30.3 Å². The topological polar surface area (TPSA) is 0 Å². The molecule has 0 aliphatic rings. The minimum atomic E-state index is 0.810. The molecule has 0 unspecified atom stereocenters. The van der Waals surface area contributed by atoms with Gasteiger partial charge in [0.1, 0.15) is 0 Å². The minimum Gasteiger partial charge on any atom is -0.0840 e. The molecule has 0 aromatic heterocycles. The summed E-state index contributed by atoms with van der Waals surface area (Å²) in [6, 6.07) is 8.16. The van der Waals surface area contributed by atoms with E-state index in [2.05, 4.69) is 19.1 Å². The fraction of sp³-hybridized carbons (Fsp3) is 0.200. The van der Waals surface area contributed by atoms with E-state index in [0.29, 0.717) is 0 Å². The molecular formula is C10H11Cl. The Kier molecular flexibility index (Phi) is 2.72. The lowest BCUT2D eigenvalue weighted by atomic mass is 10.1. The Morgan fingerprint density at radius 2 is 1.82 bits per heavy atom. The van der Waals surface area contributed by atoms with Gasteiger partial charge in [-0.1, -0.05) is 47.5 Å². The molecule has 0 spiro atoms. The average Bonchev–Trinajstić information content (AvgIpc) is 2.05. The van der Waals surface area contributed by atoms with Crippen molar-refractivity contribution in [2.24, 2.45) is 0 Å². The van der Waals surface area contributed by atoms with Gasteiger partial charge in [0.2, 0.25) is 0 Å². The van der Waals surface area contributed by atoms with Crippen LogP contribution in [0.5, 0.6) is 0 Å². The van der Waals surface area contributed by atoms with E-state index in [1.54, 1.807) is 0 Å². The van der Waals surface area contributed by atoms with Crippen molar-refractivity contribution >= 4 is 16.6 Å². The summed E-state index contributed by atoms with van der Waals surface area (Å²) in [4.78, 5) is 0. The highest BCUT2D eigenvalue weighted by atomic mass is 35.5. The van der Waals surface area contributed by atoms with E-state index in [-0.39, 0.29) is 0 Å². The van der Waals surface area contributed by atoms with Gasteiger partial charge < -0.3 is 0 Å². The quantitative estimate of drug-likeness (QED) is 0.598. The van der Waals surface area contributed by atoms with Crippen molar-refractivity contribution < 1.29 is 0 Å². The number of allylic oxidation sites excluding steroid dienone is 1. The van der Waals surface area contributed by atoms with Crippen LogP contribution in [0, 0.1) is 6.92 Å². The average molecular weight is 167 g/mol. The first kappa shape index (κ1) is 8.35. The molecule has 1 aromatic carbocycles. The van der Waals surface area contributed by atoms with Gasteiger partial charge in [-0.3, -0.25) is 0 Å². The van der Waals surface area contributed by atoms with Crippen LogP contribution in [0.3, 0.4) is 0 Å². The Morgan fingerprint density at radius 3 is 2.27 bits per heavy atom. The zero-order valence-electron chi connectivity index (χ0n) is 6.76. The Balaban J connectivity index is 2.99. The molecule has 0 bridgehead atoms. The highest BCUT2D eigenvalue weighted by Gasteiger charge is 1.93. The molecule has 0 saturated carbocycles. The van der Waals surface area contributed by atoms with Crippen LogP contribution in [0.25, 0.3) is 5.03 Å². The van der Waals surface area contributed by atoms with Crippen LogP contribution in [0.1, 0.15) is 18.1 Å². The normalized spacial score (nSPS) is 11.7. The number of halogens is 1. The lowest BCUT2D eigenvalue weighted by molar-refractivity contribution is 1.46. The van der Waals surface area contributed by atoms with Gasteiger partial charge in [0.05, 0.1) is 0 Å². The van der Waals surface area contributed by atoms with Crippen molar-refractivity contribution in [1.29, 1.82) is 0 Å². The van der Waals surface area contributed by atoms with Crippen molar-refractivity contribution in [3.8, 4) is 0 Å². The molecule has 0 fully saturated rings. The summed E-state index contributed by atoms with van der Waals surface area (Å²) in [5.41, 5.74) is 2.34. The number of hydrogen-bond acceptors (Lipinski definition) is 0.